The molecule has 4 rings (SSSR count). The van der Waals surface area contributed by atoms with E-state index < -0.39 is 0 Å². The number of aryl methyl sites for hydroxylation is 2. The quantitative estimate of drug-likeness (QED) is 0.587. The molecule has 24 heavy (non-hydrogen) atoms. The molecule has 0 aliphatic heterocycles. The van der Waals surface area contributed by atoms with Crippen LogP contribution in [0.5, 0.6) is 0 Å². The highest BCUT2D eigenvalue weighted by Crippen LogP contribution is 2.23. The molecule has 2 aromatic carbocycles. The van der Waals surface area contributed by atoms with Crippen molar-refractivity contribution < 1.29 is 4.79 Å². The van der Waals surface area contributed by atoms with Gasteiger partial charge in [0.15, 0.2) is 0 Å². The molecule has 0 aliphatic rings. The molecule has 0 atom stereocenters. The Kier molecular flexibility index (Phi) is 3.27. The van der Waals surface area contributed by atoms with Crippen molar-refractivity contribution in [3.05, 3.63) is 65.6 Å². The molecule has 118 valence electrons. The summed E-state index contributed by atoms with van der Waals surface area (Å²) in [5.41, 5.74) is 5.63. The van der Waals surface area contributed by atoms with Gasteiger partial charge in [0.05, 0.1) is 28.1 Å². The average molecular weight is 316 g/mol. The van der Waals surface area contributed by atoms with Gasteiger partial charge in [-0.15, -0.1) is 0 Å². The molecule has 2 heterocycles. The van der Waals surface area contributed by atoms with E-state index in [2.05, 4.69) is 20.3 Å². The van der Waals surface area contributed by atoms with Crippen molar-refractivity contribution in [2.24, 2.45) is 0 Å². The van der Waals surface area contributed by atoms with Gasteiger partial charge in [0.25, 0.3) is 5.91 Å². The fourth-order valence-electron chi connectivity index (χ4n) is 2.76. The summed E-state index contributed by atoms with van der Waals surface area (Å²) in [6, 6.07) is 13.1. The van der Waals surface area contributed by atoms with Gasteiger partial charge >= 0.3 is 0 Å². The number of benzene rings is 2. The highest BCUT2D eigenvalue weighted by atomic mass is 16.1. The lowest BCUT2D eigenvalue weighted by molar-refractivity contribution is 0.102. The summed E-state index contributed by atoms with van der Waals surface area (Å²) in [7, 11) is 0. The molecule has 0 radical (unpaired) electrons. The molecule has 0 saturated heterocycles. The van der Waals surface area contributed by atoms with E-state index in [4.69, 9.17) is 0 Å². The van der Waals surface area contributed by atoms with Gasteiger partial charge in [0.1, 0.15) is 0 Å². The predicted octanol–water partition coefficient (Wildman–Crippen LogP) is 3.98. The number of aromatic nitrogens is 3. The number of carbonyl (C=O) groups is 1. The van der Waals surface area contributed by atoms with E-state index >= 15 is 0 Å². The van der Waals surface area contributed by atoms with Crippen LogP contribution in [0, 0.1) is 13.8 Å². The first-order chi connectivity index (χ1) is 11.6. The second kappa shape index (κ2) is 5.45. The van der Waals surface area contributed by atoms with E-state index in [1.54, 1.807) is 12.1 Å². The topological polar surface area (TPSA) is 70.7 Å². The number of rotatable bonds is 2. The third kappa shape index (κ3) is 2.40. The van der Waals surface area contributed by atoms with Crippen LogP contribution in [0.4, 0.5) is 5.69 Å². The minimum atomic E-state index is -0.161. The summed E-state index contributed by atoms with van der Waals surface area (Å²) in [5, 5.41) is 3.96. The molecule has 1 amide bonds. The molecular weight excluding hydrogens is 300 g/mol. The van der Waals surface area contributed by atoms with Crippen molar-refractivity contribution in [2.45, 2.75) is 13.8 Å². The van der Waals surface area contributed by atoms with Crippen molar-refractivity contribution in [2.75, 3.05) is 5.32 Å². The highest BCUT2D eigenvalue weighted by molar-refractivity contribution is 6.09. The number of hydrogen-bond donors (Lipinski definition) is 2. The molecule has 0 saturated carbocycles. The van der Waals surface area contributed by atoms with Crippen molar-refractivity contribution >= 4 is 33.5 Å². The van der Waals surface area contributed by atoms with Crippen LogP contribution in [-0.4, -0.2) is 20.9 Å². The van der Waals surface area contributed by atoms with E-state index in [1.807, 2.05) is 50.4 Å². The Morgan fingerprint density at radius 3 is 2.62 bits per heavy atom. The number of hydrogen-bond acceptors (Lipinski definition) is 3. The maximum atomic E-state index is 12.6. The van der Waals surface area contributed by atoms with Crippen molar-refractivity contribution in [3.63, 3.8) is 0 Å². The fourth-order valence-corrected chi connectivity index (χ4v) is 2.76. The SMILES string of the molecule is Cc1nc2ccc(C(=O)Nc3cccc4[nH]ccc34)cc2nc1C. The average Bonchev–Trinajstić information content (AvgIpc) is 3.05. The molecule has 2 N–H and O–H groups in total. The zero-order valence-electron chi connectivity index (χ0n) is 13.4. The summed E-state index contributed by atoms with van der Waals surface area (Å²) < 4.78 is 0. The Hall–Kier alpha value is -3.21. The van der Waals surface area contributed by atoms with Crippen LogP contribution in [0.1, 0.15) is 21.7 Å². The van der Waals surface area contributed by atoms with E-state index in [0.717, 1.165) is 39.0 Å². The lowest BCUT2D eigenvalue weighted by Crippen LogP contribution is -2.12. The Morgan fingerprint density at radius 2 is 1.79 bits per heavy atom. The predicted molar refractivity (Wildman–Crippen MR) is 95.3 cm³/mol. The van der Waals surface area contributed by atoms with Crippen LogP contribution in [0.15, 0.2) is 48.7 Å². The van der Waals surface area contributed by atoms with Crippen molar-refractivity contribution in [1.82, 2.24) is 15.0 Å². The molecule has 2 aromatic heterocycles. The maximum absolute atomic E-state index is 12.6. The number of amides is 1. The smallest absolute Gasteiger partial charge is 0.255 e. The van der Waals surface area contributed by atoms with Gasteiger partial charge in [-0.25, -0.2) is 9.97 Å². The number of anilines is 1. The number of nitrogens with zero attached hydrogens (tertiary/aromatic N) is 2. The van der Waals surface area contributed by atoms with E-state index in [9.17, 15) is 4.79 Å². The molecular formula is C19H16N4O. The summed E-state index contributed by atoms with van der Waals surface area (Å²) in [5.74, 6) is -0.161. The number of fused-ring (bicyclic) bond motifs is 2. The van der Waals surface area contributed by atoms with Crippen LogP contribution in [0.2, 0.25) is 0 Å². The van der Waals surface area contributed by atoms with Gasteiger partial charge in [0.2, 0.25) is 0 Å². The van der Waals surface area contributed by atoms with Crippen LogP contribution in [0.25, 0.3) is 21.9 Å². The Labute approximate surface area is 138 Å². The first-order valence-electron chi connectivity index (χ1n) is 7.74. The van der Waals surface area contributed by atoms with Crippen LogP contribution < -0.4 is 5.32 Å². The second-order valence-electron chi connectivity index (χ2n) is 5.80. The first kappa shape index (κ1) is 14.4. The minimum absolute atomic E-state index is 0.161. The van der Waals surface area contributed by atoms with Crippen LogP contribution >= 0.6 is 0 Å². The number of nitrogens with one attached hydrogen (secondary N) is 2. The zero-order valence-corrected chi connectivity index (χ0v) is 13.4. The molecule has 0 fully saturated rings. The molecule has 5 heteroatoms. The second-order valence-corrected chi connectivity index (χ2v) is 5.80. The Morgan fingerprint density at radius 1 is 1.00 bits per heavy atom. The summed E-state index contributed by atoms with van der Waals surface area (Å²) in [6.07, 6.45) is 1.86. The van der Waals surface area contributed by atoms with Gasteiger partial charge < -0.3 is 10.3 Å². The Balaban J connectivity index is 1.70. The third-order valence-electron chi connectivity index (χ3n) is 4.18. The standard InChI is InChI=1S/C19H16N4O/c1-11-12(2)22-18-10-13(6-7-17(18)21-11)19(24)23-16-5-3-4-15-14(16)8-9-20-15/h3-10,20H,1-2H3,(H,23,24). The summed E-state index contributed by atoms with van der Waals surface area (Å²) in [4.78, 5) is 24.8. The summed E-state index contributed by atoms with van der Waals surface area (Å²) >= 11 is 0. The van der Waals surface area contributed by atoms with Crippen molar-refractivity contribution in [3.8, 4) is 0 Å². The van der Waals surface area contributed by atoms with E-state index in [1.165, 1.54) is 0 Å². The van der Waals surface area contributed by atoms with E-state index in [0.29, 0.717) is 5.56 Å². The first-order valence-corrected chi connectivity index (χ1v) is 7.74. The molecule has 5 nitrogen and oxygen atoms in total. The van der Waals surface area contributed by atoms with Gasteiger partial charge in [-0.1, -0.05) is 6.07 Å². The number of aromatic amines is 1. The van der Waals surface area contributed by atoms with Crippen LogP contribution in [-0.2, 0) is 0 Å². The largest absolute Gasteiger partial charge is 0.361 e. The lowest BCUT2D eigenvalue weighted by atomic mass is 10.1. The number of carbonyl (C=O) groups excluding carboxylic acids is 1. The van der Waals surface area contributed by atoms with Gasteiger partial charge in [-0.3, -0.25) is 4.79 Å². The highest BCUT2D eigenvalue weighted by Gasteiger charge is 2.11. The van der Waals surface area contributed by atoms with Gasteiger partial charge in [-0.05, 0) is 50.2 Å². The monoisotopic (exact) mass is 316 g/mol. The minimum Gasteiger partial charge on any atom is -0.361 e. The van der Waals surface area contributed by atoms with Gasteiger partial charge in [-0.2, -0.15) is 0 Å². The zero-order chi connectivity index (χ0) is 16.7. The van der Waals surface area contributed by atoms with Gasteiger partial charge in [0, 0.05) is 22.7 Å². The Bertz CT molecular complexity index is 1080. The number of H-pyrrole nitrogens is 1. The molecule has 0 bridgehead atoms. The fraction of sp³-hybridized carbons (Fsp3) is 0.105. The molecule has 4 aromatic rings. The normalized spacial score (nSPS) is 11.1. The third-order valence-corrected chi connectivity index (χ3v) is 4.18. The summed E-state index contributed by atoms with van der Waals surface area (Å²) in [6.45, 7) is 3.85. The maximum Gasteiger partial charge on any atom is 0.255 e. The lowest BCUT2D eigenvalue weighted by Gasteiger charge is -2.08. The van der Waals surface area contributed by atoms with E-state index in [-0.39, 0.29) is 5.91 Å². The van der Waals surface area contributed by atoms with Crippen molar-refractivity contribution in [1.29, 1.82) is 0 Å². The molecule has 0 aliphatic carbocycles. The molecule has 0 spiro atoms. The van der Waals surface area contributed by atoms with Crippen LogP contribution in [0.3, 0.4) is 0 Å². The molecule has 0 unspecified atom stereocenters.